The van der Waals surface area contributed by atoms with Crippen molar-refractivity contribution in [2.75, 3.05) is 17.5 Å². The van der Waals surface area contributed by atoms with E-state index in [2.05, 4.69) is 0 Å². The molecular formula is C22H21NO4S. The first kappa shape index (κ1) is 19.6. The SMILES string of the molecule is Cc1ccc(S(=O)(=O)N(CCOC(=O)c2ccccc2)c2ccccc2)cc1. The first-order chi connectivity index (χ1) is 13.5. The van der Waals surface area contributed by atoms with Crippen molar-refractivity contribution in [3.63, 3.8) is 0 Å². The third-order valence-electron chi connectivity index (χ3n) is 4.19. The fourth-order valence-corrected chi connectivity index (χ4v) is 4.15. The van der Waals surface area contributed by atoms with Crippen LogP contribution in [0.15, 0.2) is 89.8 Å². The molecule has 0 radical (unpaired) electrons. The van der Waals surface area contributed by atoms with Gasteiger partial charge in [0, 0.05) is 0 Å². The highest BCUT2D eigenvalue weighted by atomic mass is 32.2. The monoisotopic (exact) mass is 395 g/mol. The highest BCUT2D eigenvalue weighted by Gasteiger charge is 2.25. The Balaban J connectivity index is 1.80. The molecular weight excluding hydrogens is 374 g/mol. The van der Waals surface area contributed by atoms with Crippen LogP contribution in [0.5, 0.6) is 0 Å². The summed E-state index contributed by atoms with van der Waals surface area (Å²) in [6, 6.07) is 24.0. The Labute approximate surface area is 165 Å². The van der Waals surface area contributed by atoms with Crippen LogP contribution in [0.4, 0.5) is 5.69 Å². The number of anilines is 1. The van der Waals surface area contributed by atoms with Gasteiger partial charge in [0.15, 0.2) is 0 Å². The first-order valence-corrected chi connectivity index (χ1v) is 10.3. The molecule has 3 aromatic rings. The summed E-state index contributed by atoms with van der Waals surface area (Å²) in [7, 11) is -3.79. The molecule has 0 unspecified atom stereocenters. The van der Waals surface area contributed by atoms with Crippen LogP contribution in [-0.2, 0) is 14.8 Å². The van der Waals surface area contributed by atoms with Gasteiger partial charge in [-0.2, -0.15) is 0 Å². The molecule has 0 bridgehead atoms. The average Bonchev–Trinajstić information content (AvgIpc) is 2.72. The maximum Gasteiger partial charge on any atom is 0.338 e. The van der Waals surface area contributed by atoms with Gasteiger partial charge in [0.1, 0.15) is 6.61 Å². The predicted molar refractivity (Wildman–Crippen MR) is 109 cm³/mol. The van der Waals surface area contributed by atoms with Gasteiger partial charge < -0.3 is 4.74 Å². The lowest BCUT2D eigenvalue weighted by Gasteiger charge is -2.24. The van der Waals surface area contributed by atoms with E-state index in [1.165, 1.54) is 4.31 Å². The van der Waals surface area contributed by atoms with Gasteiger partial charge in [-0.3, -0.25) is 4.31 Å². The fourth-order valence-electron chi connectivity index (χ4n) is 2.70. The van der Waals surface area contributed by atoms with Crippen LogP contribution in [0, 0.1) is 6.92 Å². The van der Waals surface area contributed by atoms with E-state index in [0.29, 0.717) is 11.3 Å². The Morgan fingerprint density at radius 1 is 0.857 bits per heavy atom. The Morgan fingerprint density at radius 2 is 1.43 bits per heavy atom. The average molecular weight is 395 g/mol. The number of sulfonamides is 1. The van der Waals surface area contributed by atoms with Crippen molar-refractivity contribution in [1.82, 2.24) is 0 Å². The highest BCUT2D eigenvalue weighted by Crippen LogP contribution is 2.23. The normalized spacial score (nSPS) is 11.0. The van der Waals surface area contributed by atoms with Crippen molar-refractivity contribution in [3.05, 3.63) is 96.1 Å². The van der Waals surface area contributed by atoms with E-state index in [4.69, 9.17) is 4.74 Å². The Kier molecular flexibility index (Phi) is 6.11. The van der Waals surface area contributed by atoms with Crippen LogP contribution >= 0.6 is 0 Å². The number of hydrogen-bond donors (Lipinski definition) is 0. The number of carbonyl (C=O) groups excluding carboxylic acids is 1. The number of aryl methyl sites for hydroxylation is 1. The number of carbonyl (C=O) groups is 1. The Bertz CT molecular complexity index is 1020. The first-order valence-electron chi connectivity index (χ1n) is 8.85. The number of nitrogens with zero attached hydrogens (tertiary/aromatic N) is 1. The molecule has 5 nitrogen and oxygen atoms in total. The number of rotatable bonds is 7. The summed E-state index contributed by atoms with van der Waals surface area (Å²) in [6.07, 6.45) is 0. The van der Waals surface area contributed by atoms with E-state index in [1.54, 1.807) is 72.8 Å². The molecule has 0 aliphatic rings. The third kappa shape index (κ3) is 4.58. The fraction of sp³-hybridized carbons (Fsp3) is 0.136. The van der Waals surface area contributed by atoms with Gasteiger partial charge in [-0.1, -0.05) is 54.1 Å². The molecule has 0 saturated carbocycles. The van der Waals surface area contributed by atoms with E-state index < -0.39 is 16.0 Å². The van der Waals surface area contributed by atoms with Crippen LogP contribution < -0.4 is 4.31 Å². The summed E-state index contributed by atoms with van der Waals surface area (Å²) in [4.78, 5) is 12.3. The van der Waals surface area contributed by atoms with E-state index in [0.717, 1.165) is 5.56 Å². The van der Waals surface area contributed by atoms with E-state index >= 15 is 0 Å². The molecule has 144 valence electrons. The molecule has 6 heteroatoms. The molecule has 0 aliphatic heterocycles. The molecule has 0 amide bonds. The van der Waals surface area contributed by atoms with Crippen molar-refractivity contribution in [2.24, 2.45) is 0 Å². The minimum atomic E-state index is -3.79. The summed E-state index contributed by atoms with van der Waals surface area (Å²) < 4.78 is 32.9. The largest absolute Gasteiger partial charge is 0.460 e. The third-order valence-corrected chi connectivity index (χ3v) is 6.03. The summed E-state index contributed by atoms with van der Waals surface area (Å²) in [5, 5.41) is 0. The molecule has 28 heavy (non-hydrogen) atoms. The molecule has 0 aromatic heterocycles. The number of benzene rings is 3. The van der Waals surface area contributed by atoms with E-state index in [1.807, 2.05) is 19.1 Å². The van der Waals surface area contributed by atoms with E-state index in [9.17, 15) is 13.2 Å². The molecule has 0 fully saturated rings. The van der Waals surface area contributed by atoms with Gasteiger partial charge >= 0.3 is 5.97 Å². The highest BCUT2D eigenvalue weighted by molar-refractivity contribution is 7.92. The summed E-state index contributed by atoms with van der Waals surface area (Å²) in [5.41, 5.74) is 1.91. The van der Waals surface area contributed by atoms with Gasteiger partial charge in [-0.15, -0.1) is 0 Å². The lowest BCUT2D eigenvalue weighted by molar-refractivity contribution is 0.0517. The van der Waals surface area contributed by atoms with Crippen molar-refractivity contribution >= 4 is 21.7 Å². The van der Waals surface area contributed by atoms with Crippen LogP contribution in [-0.4, -0.2) is 27.5 Å². The zero-order chi connectivity index (χ0) is 20.0. The van der Waals surface area contributed by atoms with E-state index in [-0.39, 0.29) is 18.0 Å². The van der Waals surface area contributed by atoms with Gasteiger partial charge in [-0.25, -0.2) is 13.2 Å². The van der Waals surface area contributed by atoms with Gasteiger partial charge in [-0.05, 0) is 43.3 Å². The molecule has 0 atom stereocenters. The lowest BCUT2D eigenvalue weighted by atomic mass is 10.2. The van der Waals surface area contributed by atoms with Crippen LogP contribution in [0.2, 0.25) is 0 Å². The zero-order valence-corrected chi connectivity index (χ0v) is 16.3. The van der Waals surface area contributed by atoms with Crippen molar-refractivity contribution in [3.8, 4) is 0 Å². The van der Waals surface area contributed by atoms with Crippen molar-refractivity contribution in [2.45, 2.75) is 11.8 Å². The van der Waals surface area contributed by atoms with Crippen LogP contribution in [0.1, 0.15) is 15.9 Å². The van der Waals surface area contributed by atoms with Gasteiger partial charge in [0.2, 0.25) is 0 Å². The second kappa shape index (κ2) is 8.71. The molecule has 3 aromatic carbocycles. The topological polar surface area (TPSA) is 63.7 Å². The molecule has 0 N–H and O–H groups in total. The van der Waals surface area contributed by atoms with Crippen molar-refractivity contribution < 1.29 is 17.9 Å². The summed E-state index contributed by atoms with van der Waals surface area (Å²) >= 11 is 0. The number of para-hydroxylation sites is 1. The second-order valence-corrected chi connectivity index (χ2v) is 8.09. The minimum Gasteiger partial charge on any atom is -0.460 e. The standard InChI is InChI=1S/C22H21NO4S/c1-18-12-14-21(15-13-18)28(25,26)23(20-10-6-3-7-11-20)16-17-27-22(24)19-8-4-2-5-9-19/h2-15H,16-17H2,1H3. The van der Waals surface area contributed by atoms with Gasteiger partial charge in [0.05, 0.1) is 22.7 Å². The van der Waals surface area contributed by atoms with Gasteiger partial charge in [0.25, 0.3) is 10.0 Å². The summed E-state index contributed by atoms with van der Waals surface area (Å²) in [6.45, 7) is 1.85. The molecule has 0 heterocycles. The number of esters is 1. The number of hydrogen-bond acceptors (Lipinski definition) is 4. The minimum absolute atomic E-state index is 0.0127. The molecule has 0 spiro atoms. The smallest absolute Gasteiger partial charge is 0.338 e. The molecule has 0 saturated heterocycles. The Morgan fingerprint density at radius 3 is 2.04 bits per heavy atom. The lowest BCUT2D eigenvalue weighted by Crippen LogP contribution is -2.34. The van der Waals surface area contributed by atoms with Crippen LogP contribution in [0.3, 0.4) is 0 Å². The van der Waals surface area contributed by atoms with Crippen molar-refractivity contribution in [1.29, 1.82) is 0 Å². The Hall–Kier alpha value is -3.12. The second-order valence-electron chi connectivity index (χ2n) is 6.23. The molecule has 3 rings (SSSR count). The number of ether oxygens (including phenoxy) is 1. The maximum atomic E-state index is 13.2. The predicted octanol–water partition coefficient (Wildman–Crippen LogP) is 4.05. The quantitative estimate of drug-likeness (QED) is 0.566. The zero-order valence-electron chi connectivity index (χ0n) is 15.5. The molecule has 0 aliphatic carbocycles. The van der Waals surface area contributed by atoms with Crippen LogP contribution in [0.25, 0.3) is 0 Å². The maximum absolute atomic E-state index is 13.2. The summed E-state index contributed by atoms with van der Waals surface area (Å²) in [5.74, 6) is -0.485.